The highest BCUT2D eigenvalue weighted by Gasteiger charge is 2.20. The number of nitrogens with zero attached hydrogens (tertiary/aromatic N) is 2. The number of carbonyl (C=O) groups excluding carboxylic acids is 1. The summed E-state index contributed by atoms with van der Waals surface area (Å²) in [7, 11) is 0. The summed E-state index contributed by atoms with van der Waals surface area (Å²) >= 11 is 0. The Labute approximate surface area is 193 Å². The summed E-state index contributed by atoms with van der Waals surface area (Å²) in [6.45, 7) is 16.7. The number of carbonyl (C=O) groups is 1. The van der Waals surface area contributed by atoms with Crippen LogP contribution >= 0.6 is 0 Å². The van der Waals surface area contributed by atoms with E-state index in [0.717, 1.165) is 23.2 Å². The van der Waals surface area contributed by atoms with Gasteiger partial charge in [-0.25, -0.2) is 4.39 Å². The van der Waals surface area contributed by atoms with Gasteiger partial charge in [0.25, 0.3) is 5.91 Å². The lowest BCUT2D eigenvalue weighted by atomic mass is 9.89. The van der Waals surface area contributed by atoms with Gasteiger partial charge in [0.15, 0.2) is 0 Å². The topological polar surface area (TPSA) is 45.2 Å². The van der Waals surface area contributed by atoms with Crippen molar-refractivity contribution in [2.45, 2.75) is 73.6 Å². The Morgan fingerprint density at radius 1 is 1.12 bits per heavy atom. The van der Waals surface area contributed by atoms with Crippen LogP contribution in [0.2, 0.25) is 0 Å². The second kappa shape index (κ2) is 12.1. The standard InChI is InChI=1S/C16H17FN2O.C11H23N/c1-4-12-7-14(17)8-15(11(12)3)19-16(20)13-6-5-10(2)18-9-13;1-4-11(2,3)10-12-8-6-5-7-9-12/h5-9H,4H2,1-3H3,(H,19,20);4-10H2,1-3H3. The Kier molecular flexibility index (Phi) is 9.83. The molecule has 0 spiro atoms. The fourth-order valence-corrected chi connectivity index (χ4v) is 3.86. The molecule has 0 bridgehead atoms. The Hall–Kier alpha value is -2.27. The molecule has 1 aromatic heterocycles. The summed E-state index contributed by atoms with van der Waals surface area (Å²) in [6.07, 6.45) is 7.81. The number of aromatic nitrogens is 1. The van der Waals surface area contributed by atoms with Crippen molar-refractivity contribution in [2.24, 2.45) is 5.41 Å². The van der Waals surface area contributed by atoms with Crippen LogP contribution in [-0.2, 0) is 6.42 Å². The second-order valence-corrected chi connectivity index (χ2v) is 9.59. The number of amides is 1. The molecule has 4 nitrogen and oxygen atoms in total. The third-order valence-electron chi connectivity index (χ3n) is 6.34. The van der Waals surface area contributed by atoms with Crippen molar-refractivity contribution in [3.63, 3.8) is 0 Å². The summed E-state index contributed by atoms with van der Waals surface area (Å²) in [5.41, 5.74) is 4.11. The van der Waals surface area contributed by atoms with Gasteiger partial charge in [-0.1, -0.05) is 34.1 Å². The predicted octanol–water partition coefficient (Wildman–Crippen LogP) is 6.56. The van der Waals surface area contributed by atoms with Gasteiger partial charge in [0.05, 0.1) is 5.56 Å². The van der Waals surface area contributed by atoms with Gasteiger partial charge < -0.3 is 10.2 Å². The van der Waals surface area contributed by atoms with E-state index in [-0.39, 0.29) is 11.7 Å². The Morgan fingerprint density at radius 3 is 2.38 bits per heavy atom. The molecule has 1 amide bonds. The molecular weight excluding hydrogens is 401 g/mol. The van der Waals surface area contributed by atoms with Crippen LogP contribution in [0.15, 0.2) is 30.5 Å². The molecule has 5 heteroatoms. The SMILES string of the molecule is CCC(C)(C)CN1CCCCC1.CCc1cc(F)cc(NC(=O)c2ccc(C)nc2)c1C. The average molecular weight is 442 g/mol. The molecule has 0 unspecified atom stereocenters. The number of likely N-dealkylation sites (tertiary alicyclic amines) is 1. The quantitative estimate of drug-likeness (QED) is 0.552. The van der Waals surface area contributed by atoms with Crippen molar-refractivity contribution in [3.8, 4) is 0 Å². The maximum absolute atomic E-state index is 13.5. The highest BCUT2D eigenvalue weighted by atomic mass is 19.1. The van der Waals surface area contributed by atoms with Crippen LogP contribution in [0.4, 0.5) is 10.1 Å². The van der Waals surface area contributed by atoms with Gasteiger partial charge in [0.2, 0.25) is 0 Å². The summed E-state index contributed by atoms with van der Waals surface area (Å²) < 4.78 is 13.5. The van der Waals surface area contributed by atoms with Crippen molar-refractivity contribution < 1.29 is 9.18 Å². The number of nitrogens with one attached hydrogen (secondary N) is 1. The van der Waals surface area contributed by atoms with Gasteiger partial charge >= 0.3 is 0 Å². The first-order chi connectivity index (χ1) is 15.1. The lowest BCUT2D eigenvalue weighted by Gasteiger charge is -2.34. The molecule has 0 aliphatic carbocycles. The van der Waals surface area contributed by atoms with Gasteiger partial charge in [-0.2, -0.15) is 0 Å². The largest absolute Gasteiger partial charge is 0.322 e. The Balaban J connectivity index is 0.000000258. The molecule has 3 rings (SSSR count). The van der Waals surface area contributed by atoms with E-state index in [0.29, 0.717) is 16.7 Å². The van der Waals surface area contributed by atoms with Gasteiger partial charge in [0, 0.05) is 24.1 Å². The number of anilines is 1. The van der Waals surface area contributed by atoms with Crippen molar-refractivity contribution in [1.82, 2.24) is 9.88 Å². The molecule has 0 saturated carbocycles. The number of aryl methyl sites for hydroxylation is 2. The van der Waals surface area contributed by atoms with Crippen LogP contribution in [0, 0.1) is 25.1 Å². The molecule has 1 aliphatic rings. The predicted molar refractivity (Wildman–Crippen MR) is 132 cm³/mol. The van der Waals surface area contributed by atoms with Crippen LogP contribution in [-0.4, -0.2) is 35.4 Å². The molecule has 2 heterocycles. The van der Waals surface area contributed by atoms with Crippen molar-refractivity contribution in [1.29, 1.82) is 0 Å². The van der Waals surface area contributed by atoms with E-state index in [9.17, 15) is 9.18 Å². The number of halogens is 1. The van der Waals surface area contributed by atoms with Gasteiger partial charge in [0.1, 0.15) is 5.82 Å². The zero-order valence-corrected chi connectivity index (χ0v) is 20.7. The molecule has 1 saturated heterocycles. The lowest BCUT2D eigenvalue weighted by molar-refractivity contribution is 0.102. The van der Waals surface area contributed by atoms with Crippen molar-refractivity contribution in [2.75, 3.05) is 25.0 Å². The minimum Gasteiger partial charge on any atom is -0.322 e. The van der Waals surface area contributed by atoms with E-state index in [2.05, 4.69) is 36.0 Å². The summed E-state index contributed by atoms with van der Waals surface area (Å²) in [5, 5.41) is 2.74. The van der Waals surface area contributed by atoms with Crippen LogP contribution in [0.5, 0.6) is 0 Å². The zero-order valence-electron chi connectivity index (χ0n) is 20.7. The van der Waals surface area contributed by atoms with E-state index in [4.69, 9.17) is 0 Å². The zero-order chi connectivity index (χ0) is 23.7. The van der Waals surface area contributed by atoms with Crippen molar-refractivity contribution >= 4 is 11.6 Å². The van der Waals surface area contributed by atoms with Crippen LogP contribution < -0.4 is 5.32 Å². The number of hydrogen-bond donors (Lipinski definition) is 1. The number of benzene rings is 1. The van der Waals surface area contributed by atoms with Gasteiger partial charge in [-0.05, 0) is 93.4 Å². The molecule has 0 atom stereocenters. The normalized spacial score (nSPS) is 14.5. The molecule has 1 fully saturated rings. The fourth-order valence-electron chi connectivity index (χ4n) is 3.86. The summed E-state index contributed by atoms with van der Waals surface area (Å²) in [5.74, 6) is -0.627. The van der Waals surface area contributed by atoms with Crippen molar-refractivity contribution in [3.05, 3.63) is 58.7 Å². The highest BCUT2D eigenvalue weighted by molar-refractivity contribution is 6.04. The van der Waals surface area contributed by atoms with E-state index < -0.39 is 0 Å². The van der Waals surface area contributed by atoms with Gasteiger partial charge in [-0.15, -0.1) is 0 Å². The highest BCUT2D eigenvalue weighted by Crippen LogP contribution is 2.23. The summed E-state index contributed by atoms with van der Waals surface area (Å²) in [4.78, 5) is 18.8. The van der Waals surface area contributed by atoms with Crippen LogP contribution in [0.3, 0.4) is 0 Å². The van der Waals surface area contributed by atoms with E-state index in [1.54, 1.807) is 12.1 Å². The Morgan fingerprint density at radius 2 is 1.81 bits per heavy atom. The first-order valence-corrected chi connectivity index (χ1v) is 11.9. The lowest BCUT2D eigenvalue weighted by Crippen LogP contribution is -2.37. The van der Waals surface area contributed by atoms with E-state index in [1.165, 1.54) is 63.6 Å². The molecule has 176 valence electrons. The maximum atomic E-state index is 13.5. The van der Waals surface area contributed by atoms with E-state index >= 15 is 0 Å². The maximum Gasteiger partial charge on any atom is 0.257 e. The summed E-state index contributed by atoms with van der Waals surface area (Å²) in [6, 6.07) is 6.31. The second-order valence-electron chi connectivity index (χ2n) is 9.59. The first kappa shape index (κ1) is 26.0. The molecule has 0 radical (unpaired) electrons. The number of pyridine rings is 1. The third-order valence-corrected chi connectivity index (χ3v) is 6.34. The molecule has 2 aromatic rings. The molecule has 1 aromatic carbocycles. The number of piperidine rings is 1. The minimum atomic E-state index is -0.343. The Bertz CT molecular complexity index is 871. The molecule has 1 N–H and O–H groups in total. The van der Waals surface area contributed by atoms with E-state index in [1.807, 2.05) is 20.8 Å². The number of hydrogen-bond acceptors (Lipinski definition) is 3. The molecular formula is C27H40FN3O. The first-order valence-electron chi connectivity index (χ1n) is 11.9. The smallest absolute Gasteiger partial charge is 0.257 e. The monoisotopic (exact) mass is 441 g/mol. The van der Waals surface area contributed by atoms with Crippen LogP contribution in [0.25, 0.3) is 0 Å². The van der Waals surface area contributed by atoms with Crippen LogP contribution in [0.1, 0.15) is 80.6 Å². The average Bonchev–Trinajstić information content (AvgIpc) is 2.77. The number of rotatable bonds is 6. The fraction of sp³-hybridized carbons (Fsp3) is 0.556. The van der Waals surface area contributed by atoms with Gasteiger partial charge in [-0.3, -0.25) is 9.78 Å². The molecule has 1 aliphatic heterocycles. The minimum absolute atomic E-state index is 0.284. The third kappa shape index (κ3) is 8.01. The molecule has 32 heavy (non-hydrogen) atoms.